The Morgan fingerprint density at radius 3 is 2.00 bits per heavy atom. The Bertz CT molecular complexity index is 647. The highest BCUT2D eigenvalue weighted by molar-refractivity contribution is 6.41. The lowest BCUT2D eigenvalue weighted by Gasteiger charge is -2.14. The first kappa shape index (κ1) is 15.4. The molecule has 0 unspecified atom stereocenters. The summed E-state index contributed by atoms with van der Waals surface area (Å²) in [4.78, 5) is 2.88. The number of halogens is 7. The van der Waals surface area contributed by atoms with Gasteiger partial charge in [0.15, 0.2) is 5.69 Å². The van der Waals surface area contributed by atoms with Crippen LogP contribution in [0, 0.1) is 5.95 Å². The molecule has 0 spiro atoms. The summed E-state index contributed by atoms with van der Waals surface area (Å²) in [5.41, 5.74) is -1.91. The molecule has 20 heavy (non-hydrogen) atoms. The Hall–Kier alpha value is -1.04. The number of pyridine rings is 1. The van der Waals surface area contributed by atoms with Gasteiger partial charge in [-0.25, -0.2) is 4.98 Å². The standard InChI is InChI=1S/C12H4Cl3F4N/c13-5-3-7(14)10(8(15)4-5)6-1-2-9(16)20-11(6)12(17,18)19/h1-4H. The van der Waals surface area contributed by atoms with Crippen LogP contribution < -0.4 is 0 Å². The van der Waals surface area contributed by atoms with E-state index in [1.807, 2.05) is 0 Å². The van der Waals surface area contributed by atoms with E-state index in [0.717, 1.165) is 12.1 Å². The van der Waals surface area contributed by atoms with Crippen molar-refractivity contribution in [1.29, 1.82) is 0 Å². The molecule has 0 saturated heterocycles. The SMILES string of the molecule is Fc1ccc(-c2c(Cl)cc(Cl)cc2Cl)c(C(F)(F)F)n1. The zero-order valence-electron chi connectivity index (χ0n) is 9.40. The fourth-order valence-electron chi connectivity index (χ4n) is 1.65. The smallest absolute Gasteiger partial charge is 0.215 e. The Morgan fingerprint density at radius 1 is 0.950 bits per heavy atom. The molecule has 0 saturated carbocycles. The van der Waals surface area contributed by atoms with Crippen molar-refractivity contribution in [2.24, 2.45) is 0 Å². The number of alkyl halides is 3. The van der Waals surface area contributed by atoms with Crippen molar-refractivity contribution in [2.75, 3.05) is 0 Å². The normalized spacial score (nSPS) is 11.8. The minimum Gasteiger partial charge on any atom is -0.215 e. The molecule has 0 bridgehead atoms. The molecular formula is C12H4Cl3F4N. The van der Waals surface area contributed by atoms with Gasteiger partial charge in [-0.15, -0.1) is 0 Å². The summed E-state index contributed by atoms with van der Waals surface area (Å²) in [6.45, 7) is 0. The van der Waals surface area contributed by atoms with Gasteiger partial charge < -0.3 is 0 Å². The predicted octanol–water partition coefficient (Wildman–Crippen LogP) is 5.87. The van der Waals surface area contributed by atoms with Crippen molar-refractivity contribution in [1.82, 2.24) is 4.98 Å². The minimum absolute atomic E-state index is 0.0820. The molecule has 1 heterocycles. The van der Waals surface area contributed by atoms with Crippen LogP contribution in [0.25, 0.3) is 11.1 Å². The summed E-state index contributed by atoms with van der Waals surface area (Å²) in [7, 11) is 0. The zero-order valence-corrected chi connectivity index (χ0v) is 11.7. The van der Waals surface area contributed by atoms with Crippen molar-refractivity contribution in [2.45, 2.75) is 6.18 Å². The van der Waals surface area contributed by atoms with E-state index in [-0.39, 0.29) is 20.6 Å². The van der Waals surface area contributed by atoms with Gasteiger partial charge in [-0.1, -0.05) is 34.8 Å². The van der Waals surface area contributed by atoms with E-state index >= 15 is 0 Å². The van der Waals surface area contributed by atoms with Crippen LogP contribution in [0.1, 0.15) is 5.69 Å². The largest absolute Gasteiger partial charge is 0.434 e. The average molecular weight is 345 g/mol. The third-order valence-electron chi connectivity index (χ3n) is 2.41. The van der Waals surface area contributed by atoms with Crippen molar-refractivity contribution in [3.8, 4) is 11.1 Å². The summed E-state index contributed by atoms with van der Waals surface area (Å²) in [6, 6.07) is 4.21. The third-order valence-corrected chi connectivity index (χ3v) is 3.22. The quantitative estimate of drug-likeness (QED) is 0.466. The number of benzene rings is 1. The second kappa shape index (κ2) is 5.39. The number of rotatable bonds is 1. The lowest BCUT2D eigenvalue weighted by atomic mass is 10.0. The van der Waals surface area contributed by atoms with Crippen LogP contribution in [-0.2, 0) is 6.18 Å². The van der Waals surface area contributed by atoms with Gasteiger partial charge in [-0.3, -0.25) is 0 Å². The van der Waals surface area contributed by atoms with Crippen molar-refractivity contribution in [3.05, 3.63) is 51.0 Å². The fraction of sp³-hybridized carbons (Fsp3) is 0.0833. The van der Waals surface area contributed by atoms with Crippen LogP contribution in [0.15, 0.2) is 24.3 Å². The topological polar surface area (TPSA) is 12.9 Å². The van der Waals surface area contributed by atoms with E-state index in [1.54, 1.807) is 0 Å². The molecular weight excluding hydrogens is 340 g/mol. The Balaban J connectivity index is 2.77. The molecule has 8 heteroatoms. The molecule has 1 aromatic carbocycles. The maximum absolute atomic E-state index is 13.0. The number of nitrogens with zero attached hydrogens (tertiary/aromatic N) is 1. The molecule has 2 aromatic rings. The van der Waals surface area contributed by atoms with E-state index in [0.29, 0.717) is 0 Å². The Morgan fingerprint density at radius 2 is 1.50 bits per heavy atom. The summed E-state index contributed by atoms with van der Waals surface area (Å²) >= 11 is 17.4. The van der Waals surface area contributed by atoms with Gasteiger partial charge in [0.25, 0.3) is 0 Å². The fourth-order valence-corrected chi connectivity index (χ4v) is 2.67. The van der Waals surface area contributed by atoms with Gasteiger partial charge in [0.1, 0.15) is 0 Å². The van der Waals surface area contributed by atoms with E-state index in [2.05, 4.69) is 4.98 Å². The molecule has 0 aliphatic rings. The summed E-state index contributed by atoms with van der Waals surface area (Å²) in [5, 5.41) is 0.00944. The second-order valence-corrected chi connectivity index (χ2v) is 5.02. The molecule has 0 aliphatic heterocycles. The monoisotopic (exact) mass is 343 g/mol. The highest BCUT2D eigenvalue weighted by Crippen LogP contribution is 2.42. The predicted molar refractivity (Wildman–Crippen MR) is 69.7 cm³/mol. The molecule has 0 radical (unpaired) electrons. The first-order chi connectivity index (χ1) is 9.20. The molecule has 0 aliphatic carbocycles. The summed E-state index contributed by atoms with van der Waals surface area (Å²) in [5.74, 6) is -1.25. The van der Waals surface area contributed by atoms with Crippen molar-refractivity contribution >= 4 is 34.8 Å². The van der Waals surface area contributed by atoms with E-state index in [4.69, 9.17) is 34.8 Å². The first-order valence-electron chi connectivity index (χ1n) is 5.09. The molecule has 2 rings (SSSR count). The van der Waals surface area contributed by atoms with Crippen LogP contribution in [0.5, 0.6) is 0 Å². The minimum atomic E-state index is -4.84. The molecule has 1 aromatic heterocycles. The molecule has 0 atom stereocenters. The van der Waals surface area contributed by atoms with Crippen LogP contribution in [-0.4, -0.2) is 4.98 Å². The first-order valence-corrected chi connectivity index (χ1v) is 6.22. The zero-order chi connectivity index (χ0) is 15.1. The van der Waals surface area contributed by atoms with Crippen LogP contribution in [0.2, 0.25) is 15.1 Å². The van der Waals surface area contributed by atoms with Gasteiger partial charge in [-0.2, -0.15) is 17.6 Å². The maximum Gasteiger partial charge on any atom is 0.434 e. The van der Waals surface area contributed by atoms with Crippen LogP contribution >= 0.6 is 34.8 Å². The van der Waals surface area contributed by atoms with Crippen LogP contribution in [0.3, 0.4) is 0 Å². The van der Waals surface area contributed by atoms with Gasteiger partial charge in [-0.05, 0) is 24.3 Å². The molecule has 0 fully saturated rings. The van der Waals surface area contributed by atoms with Crippen LogP contribution in [0.4, 0.5) is 17.6 Å². The van der Waals surface area contributed by atoms with Gasteiger partial charge >= 0.3 is 6.18 Å². The number of hydrogen-bond donors (Lipinski definition) is 0. The third kappa shape index (κ3) is 3.00. The highest BCUT2D eigenvalue weighted by Gasteiger charge is 2.37. The van der Waals surface area contributed by atoms with Gasteiger partial charge in [0.05, 0.1) is 10.0 Å². The molecule has 106 valence electrons. The number of aromatic nitrogens is 1. The molecule has 0 amide bonds. The lowest BCUT2D eigenvalue weighted by Crippen LogP contribution is -2.11. The highest BCUT2D eigenvalue weighted by atomic mass is 35.5. The van der Waals surface area contributed by atoms with Crippen molar-refractivity contribution in [3.63, 3.8) is 0 Å². The summed E-state index contributed by atoms with van der Waals surface area (Å²) in [6.07, 6.45) is -4.84. The molecule has 1 nitrogen and oxygen atoms in total. The van der Waals surface area contributed by atoms with Gasteiger partial charge in [0, 0.05) is 16.1 Å². The van der Waals surface area contributed by atoms with Gasteiger partial charge in [0.2, 0.25) is 5.95 Å². The number of hydrogen-bond acceptors (Lipinski definition) is 1. The van der Waals surface area contributed by atoms with E-state index in [1.165, 1.54) is 12.1 Å². The van der Waals surface area contributed by atoms with Crippen molar-refractivity contribution < 1.29 is 17.6 Å². The van der Waals surface area contributed by atoms with E-state index < -0.39 is 23.4 Å². The Labute approximate surface area is 126 Å². The van der Waals surface area contributed by atoms with E-state index in [9.17, 15) is 17.6 Å². The molecule has 0 N–H and O–H groups in total. The maximum atomic E-state index is 13.0. The second-order valence-electron chi connectivity index (χ2n) is 3.77. The lowest BCUT2D eigenvalue weighted by molar-refractivity contribution is -0.141. The average Bonchev–Trinajstić information content (AvgIpc) is 2.28. The summed E-state index contributed by atoms with van der Waals surface area (Å²) < 4.78 is 51.7. The Kier molecular flexibility index (Phi) is 4.14.